The molecule has 104 valence electrons. The Morgan fingerprint density at radius 1 is 1.05 bits per heavy atom. The number of anilines is 2. The van der Waals surface area contributed by atoms with Crippen LogP contribution in [0.4, 0.5) is 24.5 Å². The van der Waals surface area contributed by atoms with Crippen LogP contribution in [0.1, 0.15) is 16.7 Å². The van der Waals surface area contributed by atoms with Gasteiger partial charge >= 0.3 is 6.18 Å². The molecule has 0 radical (unpaired) electrons. The maximum Gasteiger partial charge on any atom is 0.416 e. The largest absolute Gasteiger partial charge is 0.416 e. The van der Waals surface area contributed by atoms with Crippen LogP contribution < -0.4 is 4.90 Å². The fourth-order valence-corrected chi connectivity index (χ4v) is 2.62. The second-order valence-corrected chi connectivity index (χ2v) is 5.08. The highest BCUT2D eigenvalue weighted by molar-refractivity contribution is 5.71. The molecule has 0 saturated carbocycles. The Balaban J connectivity index is 2.05. The summed E-state index contributed by atoms with van der Waals surface area (Å²) >= 11 is 0. The normalized spacial score (nSPS) is 14.5. The fourth-order valence-electron chi connectivity index (χ4n) is 2.62. The average Bonchev–Trinajstić information content (AvgIpc) is 2.80. The molecule has 0 amide bonds. The molecule has 1 heterocycles. The SMILES string of the molecule is Cc1cccc(N2CCc3ccc(C(F)(F)F)cc32)c1. The van der Waals surface area contributed by atoms with Crippen molar-refractivity contribution in [1.29, 1.82) is 0 Å². The number of alkyl halides is 3. The van der Waals surface area contributed by atoms with Crippen LogP contribution in [0.25, 0.3) is 0 Å². The van der Waals surface area contributed by atoms with Crippen LogP contribution >= 0.6 is 0 Å². The highest BCUT2D eigenvalue weighted by Crippen LogP contribution is 2.39. The lowest BCUT2D eigenvalue weighted by atomic mass is 10.1. The van der Waals surface area contributed by atoms with E-state index >= 15 is 0 Å². The van der Waals surface area contributed by atoms with E-state index < -0.39 is 11.7 Å². The number of benzene rings is 2. The number of hydrogen-bond donors (Lipinski definition) is 0. The van der Waals surface area contributed by atoms with Gasteiger partial charge in [-0.15, -0.1) is 0 Å². The standard InChI is InChI=1S/C16H14F3N/c1-11-3-2-4-14(9-11)20-8-7-12-5-6-13(10-15(12)20)16(17,18)19/h2-6,9-10H,7-8H2,1H3. The lowest BCUT2D eigenvalue weighted by Gasteiger charge is -2.21. The maximum atomic E-state index is 12.8. The first kappa shape index (κ1) is 13.0. The summed E-state index contributed by atoms with van der Waals surface area (Å²) in [6.45, 7) is 2.70. The molecular formula is C16H14F3N. The van der Waals surface area contributed by atoms with Gasteiger partial charge in [0.1, 0.15) is 0 Å². The van der Waals surface area contributed by atoms with E-state index in [-0.39, 0.29) is 0 Å². The Morgan fingerprint density at radius 3 is 2.55 bits per heavy atom. The first-order chi connectivity index (χ1) is 9.45. The summed E-state index contributed by atoms with van der Waals surface area (Å²) in [5.74, 6) is 0. The van der Waals surface area contributed by atoms with E-state index in [2.05, 4.69) is 0 Å². The molecule has 0 bridgehead atoms. The number of halogens is 3. The van der Waals surface area contributed by atoms with Gasteiger partial charge in [0.05, 0.1) is 5.56 Å². The molecule has 2 aromatic rings. The summed E-state index contributed by atoms with van der Waals surface area (Å²) in [5.41, 5.74) is 3.10. The smallest absolute Gasteiger partial charge is 0.341 e. The molecule has 4 heteroatoms. The third-order valence-corrected chi connectivity index (χ3v) is 3.62. The second-order valence-electron chi connectivity index (χ2n) is 5.08. The van der Waals surface area contributed by atoms with Gasteiger partial charge in [-0.25, -0.2) is 0 Å². The van der Waals surface area contributed by atoms with Crippen molar-refractivity contribution in [2.24, 2.45) is 0 Å². The van der Waals surface area contributed by atoms with Crippen LogP contribution in [0.5, 0.6) is 0 Å². The Kier molecular flexibility index (Phi) is 2.96. The van der Waals surface area contributed by atoms with Crippen LogP contribution in [-0.2, 0) is 12.6 Å². The van der Waals surface area contributed by atoms with Crippen LogP contribution in [0.15, 0.2) is 42.5 Å². The molecule has 2 aromatic carbocycles. The number of rotatable bonds is 1. The van der Waals surface area contributed by atoms with Crippen LogP contribution in [-0.4, -0.2) is 6.54 Å². The van der Waals surface area contributed by atoms with Gasteiger partial charge in [-0.2, -0.15) is 13.2 Å². The van der Waals surface area contributed by atoms with Crippen molar-refractivity contribution in [1.82, 2.24) is 0 Å². The Hall–Kier alpha value is -1.97. The topological polar surface area (TPSA) is 3.24 Å². The van der Waals surface area contributed by atoms with Crippen molar-refractivity contribution < 1.29 is 13.2 Å². The fraction of sp³-hybridized carbons (Fsp3) is 0.250. The highest BCUT2D eigenvalue weighted by Gasteiger charge is 2.32. The lowest BCUT2D eigenvalue weighted by molar-refractivity contribution is -0.137. The van der Waals surface area contributed by atoms with Gasteiger partial charge in [0, 0.05) is 17.9 Å². The minimum absolute atomic E-state index is 0.587. The zero-order chi connectivity index (χ0) is 14.3. The van der Waals surface area contributed by atoms with Crippen molar-refractivity contribution in [3.8, 4) is 0 Å². The van der Waals surface area contributed by atoms with E-state index in [0.29, 0.717) is 5.69 Å². The van der Waals surface area contributed by atoms with Gasteiger partial charge in [-0.05, 0) is 48.7 Å². The molecule has 3 rings (SSSR count). The third kappa shape index (κ3) is 2.26. The Morgan fingerprint density at radius 2 is 1.85 bits per heavy atom. The van der Waals surface area contributed by atoms with E-state index in [0.717, 1.165) is 29.8 Å². The van der Waals surface area contributed by atoms with Crippen molar-refractivity contribution in [3.05, 3.63) is 59.2 Å². The molecule has 1 aliphatic heterocycles. The third-order valence-electron chi connectivity index (χ3n) is 3.62. The van der Waals surface area contributed by atoms with Gasteiger partial charge in [0.2, 0.25) is 0 Å². The van der Waals surface area contributed by atoms with E-state index in [1.807, 2.05) is 36.1 Å². The molecule has 0 fully saturated rings. The van der Waals surface area contributed by atoms with Crippen molar-refractivity contribution >= 4 is 11.4 Å². The molecule has 0 spiro atoms. The average molecular weight is 277 g/mol. The molecule has 0 atom stereocenters. The monoisotopic (exact) mass is 277 g/mol. The molecule has 0 N–H and O–H groups in total. The summed E-state index contributed by atoms with van der Waals surface area (Å²) in [4.78, 5) is 1.96. The number of aryl methyl sites for hydroxylation is 1. The first-order valence-corrected chi connectivity index (χ1v) is 6.49. The summed E-state index contributed by atoms with van der Waals surface area (Å²) in [5, 5.41) is 0. The molecule has 20 heavy (non-hydrogen) atoms. The van der Waals surface area contributed by atoms with Crippen LogP contribution in [0.3, 0.4) is 0 Å². The van der Waals surface area contributed by atoms with E-state index in [4.69, 9.17) is 0 Å². The van der Waals surface area contributed by atoms with Gasteiger partial charge in [0.15, 0.2) is 0 Å². The summed E-state index contributed by atoms with van der Waals surface area (Å²) in [7, 11) is 0. The van der Waals surface area contributed by atoms with Crippen molar-refractivity contribution in [2.45, 2.75) is 19.5 Å². The lowest BCUT2D eigenvalue weighted by Crippen LogP contribution is -2.14. The minimum Gasteiger partial charge on any atom is -0.341 e. The van der Waals surface area contributed by atoms with Crippen molar-refractivity contribution in [2.75, 3.05) is 11.4 Å². The van der Waals surface area contributed by atoms with E-state index in [1.165, 1.54) is 12.1 Å². The number of fused-ring (bicyclic) bond motifs is 1. The second kappa shape index (κ2) is 4.54. The maximum absolute atomic E-state index is 12.8. The van der Waals surface area contributed by atoms with E-state index in [9.17, 15) is 13.2 Å². The number of hydrogen-bond acceptors (Lipinski definition) is 1. The van der Waals surface area contributed by atoms with Gasteiger partial charge in [0.25, 0.3) is 0 Å². The molecular weight excluding hydrogens is 263 g/mol. The predicted molar refractivity (Wildman–Crippen MR) is 73.3 cm³/mol. The highest BCUT2D eigenvalue weighted by atomic mass is 19.4. The van der Waals surface area contributed by atoms with Crippen LogP contribution in [0.2, 0.25) is 0 Å². The van der Waals surface area contributed by atoms with Gasteiger partial charge in [-0.3, -0.25) is 0 Å². The minimum atomic E-state index is -4.30. The Bertz CT molecular complexity index is 646. The summed E-state index contributed by atoms with van der Waals surface area (Å²) in [6, 6.07) is 11.8. The van der Waals surface area contributed by atoms with Gasteiger partial charge in [-0.1, -0.05) is 18.2 Å². The number of nitrogens with zero attached hydrogens (tertiary/aromatic N) is 1. The summed E-state index contributed by atoms with van der Waals surface area (Å²) in [6.07, 6.45) is -3.52. The van der Waals surface area contributed by atoms with Gasteiger partial charge < -0.3 is 4.90 Å². The van der Waals surface area contributed by atoms with E-state index in [1.54, 1.807) is 6.07 Å². The first-order valence-electron chi connectivity index (χ1n) is 6.49. The Labute approximate surface area is 115 Å². The molecule has 0 unspecified atom stereocenters. The molecule has 0 saturated heterocycles. The van der Waals surface area contributed by atoms with Crippen molar-refractivity contribution in [3.63, 3.8) is 0 Å². The molecule has 1 nitrogen and oxygen atoms in total. The van der Waals surface area contributed by atoms with Crippen LogP contribution in [0, 0.1) is 6.92 Å². The predicted octanol–water partition coefficient (Wildman–Crippen LogP) is 4.71. The molecule has 0 aromatic heterocycles. The zero-order valence-electron chi connectivity index (χ0n) is 11.0. The molecule has 0 aliphatic carbocycles. The molecule has 1 aliphatic rings. The quantitative estimate of drug-likeness (QED) is 0.729. The zero-order valence-corrected chi connectivity index (χ0v) is 11.0. The summed E-state index contributed by atoms with van der Waals surface area (Å²) < 4.78 is 38.5.